The Kier molecular flexibility index (Phi) is 6.26. The summed E-state index contributed by atoms with van der Waals surface area (Å²) in [7, 11) is 2.08. The second-order valence-corrected chi connectivity index (χ2v) is 5.99. The van der Waals surface area contributed by atoms with Gasteiger partial charge in [-0.3, -0.25) is 0 Å². The molecule has 3 N–H and O–H groups in total. The first-order valence-corrected chi connectivity index (χ1v) is 7.35. The second kappa shape index (κ2) is 7.47. The number of carbonyl (C=O) groups excluding carboxylic acids is 1. The maximum atomic E-state index is 11.9. The number of piperidine rings is 1. The number of carboxylic acids is 1. The highest BCUT2D eigenvalue weighted by molar-refractivity contribution is 5.85. The van der Waals surface area contributed by atoms with E-state index in [0.29, 0.717) is 25.3 Å². The summed E-state index contributed by atoms with van der Waals surface area (Å²) in [5.41, 5.74) is -1.19. The third-order valence-electron chi connectivity index (χ3n) is 3.88. The Morgan fingerprint density at radius 3 is 2.70 bits per heavy atom. The van der Waals surface area contributed by atoms with Crippen molar-refractivity contribution in [3.63, 3.8) is 0 Å². The Labute approximate surface area is 120 Å². The molecule has 1 fully saturated rings. The fourth-order valence-corrected chi connectivity index (χ4v) is 2.69. The van der Waals surface area contributed by atoms with Gasteiger partial charge in [0.05, 0.1) is 0 Å². The summed E-state index contributed by atoms with van der Waals surface area (Å²) < 4.78 is 0. The van der Waals surface area contributed by atoms with Crippen LogP contribution in [0.2, 0.25) is 0 Å². The molecule has 0 aromatic heterocycles. The molecular formula is C14H27N3O3. The van der Waals surface area contributed by atoms with E-state index in [1.165, 1.54) is 0 Å². The highest BCUT2D eigenvalue weighted by Crippen LogP contribution is 2.14. The number of hydrogen-bond acceptors (Lipinski definition) is 3. The number of nitrogens with one attached hydrogen (secondary N) is 2. The Hall–Kier alpha value is -1.30. The fraction of sp³-hybridized carbons (Fsp3) is 0.857. The SMILES string of the molecule is CCCC(C)(NC(=O)NCC1CCCN(C)C1)C(=O)O. The van der Waals surface area contributed by atoms with E-state index < -0.39 is 17.5 Å². The monoisotopic (exact) mass is 285 g/mol. The van der Waals surface area contributed by atoms with Crippen molar-refractivity contribution in [2.24, 2.45) is 5.92 Å². The third-order valence-corrected chi connectivity index (χ3v) is 3.88. The number of carboxylic acid groups (broad SMARTS) is 1. The fourth-order valence-electron chi connectivity index (χ4n) is 2.69. The van der Waals surface area contributed by atoms with E-state index in [0.717, 1.165) is 25.9 Å². The van der Waals surface area contributed by atoms with E-state index in [2.05, 4.69) is 22.6 Å². The van der Waals surface area contributed by atoms with Crippen molar-refractivity contribution in [2.75, 3.05) is 26.7 Å². The van der Waals surface area contributed by atoms with Crippen molar-refractivity contribution >= 4 is 12.0 Å². The average Bonchev–Trinajstić information content (AvgIpc) is 2.36. The summed E-state index contributed by atoms with van der Waals surface area (Å²) in [6.45, 7) is 6.13. The number of amides is 2. The number of nitrogens with zero attached hydrogens (tertiary/aromatic N) is 1. The number of hydrogen-bond donors (Lipinski definition) is 3. The lowest BCUT2D eigenvalue weighted by Gasteiger charge is -2.30. The molecule has 1 heterocycles. The molecule has 1 rings (SSSR count). The lowest BCUT2D eigenvalue weighted by molar-refractivity contribution is -0.144. The third kappa shape index (κ3) is 5.00. The van der Waals surface area contributed by atoms with Crippen LogP contribution in [-0.2, 0) is 4.79 Å². The molecule has 1 aliphatic heterocycles. The molecule has 2 unspecified atom stereocenters. The van der Waals surface area contributed by atoms with Crippen LogP contribution in [0.4, 0.5) is 4.79 Å². The maximum absolute atomic E-state index is 11.9. The summed E-state index contributed by atoms with van der Waals surface area (Å²) in [6.07, 6.45) is 3.38. The van der Waals surface area contributed by atoms with Gasteiger partial charge in [0.25, 0.3) is 0 Å². The van der Waals surface area contributed by atoms with E-state index in [4.69, 9.17) is 0 Å². The van der Waals surface area contributed by atoms with Crippen molar-refractivity contribution < 1.29 is 14.7 Å². The van der Waals surface area contributed by atoms with Gasteiger partial charge in [0.1, 0.15) is 5.54 Å². The van der Waals surface area contributed by atoms with Crippen molar-refractivity contribution in [3.05, 3.63) is 0 Å². The van der Waals surface area contributed by atoms with Crippen molar-refractivity contribution in [2.45, 2.75) is 45.1 Å². The highest BCUT2D eigenvalue weighted by Gasteiger charge is 2.33. The number of urea groups is 1. The zero-order chi connectivity index (χ0) is 15.2. The van der Waals surface area contributed by atoms with Crippen LogP contribution in [-0.4, -0.2) is 54.2 Å². The molecule has 0 aliphatic carbocycles. The molecule has 0 bridgehead atoms. The molecule has 1 saturated heterocycles. The van der Waals surface area contributed by atoms with Gasteiger partial charge in [0.15, 0.2) is 0 Å². The van der Waals surface area contributed by atoms with Gasteiger partial charge in [-0.1, -0.05) is 13.3 Å². The summed E-state index contributed by atoms with van der Waals surface area (Å²) in [6, 6.07) is -0.392. The minimum Gasteiger partial charge on any atom is -0.480 e. The number of carbonyl (C=O) groups is 2. The van der Waals surface area contributed by atoms with Gasteiger partial charge in [-0.15, -0.1) is 0 Å². The summed E-state index contributed by atoms with van der Waals surface area (Å²) >= 11 is 0. The lowest BCUT2D eigenvalue weighted by atomic mass is 9.96. The topological polar surface area (TPSA) is 81.7 Å². The molecule has 6 nitrogen and oxygen atoms in total. The van der Waals surface area contributed by atoms with E-state index in [1.54, 1.807) is 6.92 Å². The average molecular weight is 285 g/mol. The molecule has 0 saturated carbocycles. The van der Waals surface area contributed by atoms with Crippen LogP contribution < -0.4 is 10.6 Å². The summed E-state index contributed by atoms with van der Waals surface area (Å²) in [5, 5.41) is 14.6. The van der Waals surface area contributed by atoms with Gasteiger partial charge in [-0.05, 0) is 45.7 Å². The summed E-state index contributed by atoms with van der Waals surface area (Å²) in [4.78, 5) is 25.4. The number of rotatable bonds is 6. The molecule has 20 heavy (non-hydrogen) atoms. The molecule has 0 spiro atoms. The first-order valence-electron chi connectivity index (χ1n) is 7.35. The van der Waals surface area contributed by atoms with Crippen LogP contribution in [0.15, 0.2) is 0 Å². The van der Waals surface area contributed by atoms with Crippen molar-refractivity contribution in [1.82, 2.24) is 15.5 Å². The van der Waals surface area contributed by atoms with Crippen LogP contribution >= 0.6 is 0 Å². The van der Waals surface area contributed by atoms with E-state index >= 15 is 0 Å². The predicted molar refractivity (Wildman–Crippen MR) is 77.7 cm³/mol. The minimum absolute atomic E-state index is 0.392. The normalized spacial score (nSPS) is 22.9. The lowest BCUT2D eigenvalue weighted by Crippen LogP contribution is -2.55. The Morgan fingerprint density at radius 2 is 2.15 bits per heavy atom. The molecule has 2 amide bonds. The minimum atomic E-state index is -1.19. The first-order chi connectivity index (χ1) is 9.37. The van der Waals surface area contributed by atoms with Crippen molar-refractivity contribution in [1.29, 1.82) is 0 Å². The molecule has 2 atom stereocenters. The largest absolute Gasteiger partial charge is 0.480 e. The van der Waals surface area contributed by atoms with E-state index in [-0.39, 0.29) is 0 Å². The Bertz CT molecular complexity index is 349. The van der Waals surface area contributed by atoms with Crippen LogP contribution in [0, 0.1) is 5.92 Å². The van der Waals surface area contributed by atoms with Gasteiger partial charge in [-0.25, -0.2) is 9.59 Å². The molecular weight excluding hydrogens is 258 g/mol. The van der Waals surface area contributed by atoms with Gasteiger partial charge >= 0.3 is 12.0 Å². The van der Waals surface area contributed by atoms with Gasteiger partial charge in [0.2, 0.25) is 0 Å². The highest BCUT2D eigenvalue weighted by atomic mass is 16.4. The quantitative estimate of drug-likeness (QED) is 0.686. The number of likely N-dealkylation sites (tertiary alicyclic amines) is 1. The van der Waals surface area contributed by atoms with Gasteiger partial charge in [0, 0.05) is 13.1 Å². The number of aliphatic carboxylic acids is 1. The van der Waals surface area contributed by atoms with Crippen LogP contribution in [0.3, 0.4) is 0 Å². The van der Waals surface area contributed by atoms with Crippen molar-refractivity contribution in [3.8, 4) is 0 Å². The molecule has 6 heteroatoms. The van der Waals surface area contributed by atoms with Gasteiger partial charge in [-0.2, -0.15) is 0 Å². The van der Waals surface area contributed by atoms with Crippen LogP contribution in [0.5, 0.6) is 0 Å². The zero-order valence-electron chi connectivity index (χ0n) is 12.7. The zero-order valence-corrected chi connectivity index (χ0v) is 12.7. The smallest absolute Gasteiger partial charge is 0.329 e. The molecule has 116 valence electrons. The Morgan fingerprint density at radius 1 is 1.45 bits per heavy atom. The maximum Gasteiger partial charge on any atom is 0.329 e. The molecule has 0 radical (unpaired) electrons. The molecule has 0 aromatic carbocycles. The first kappa shape index (κ1) is 16.8. The van der Waals surface area contributed by atoms with Crippen LogP contribution in [0.1, 0.15) is 39.5 Å². The Balaban J connectivity index is 2.40. The van der Waals surface area contributed by atoms with E-state index in [9.17, 15) is 14.7 Å². The molecule has 1 aliphatic rings. The standard InChI is InChI=1S/C14H27N3O3/c1-4-7-14(2,12(18)19)16-13(20)15-9-11-6-5-8-17(3)10-11/h11H,4-10H2,1-3H3,(H,18,19)(H2,15,16,20). The predicted octanol–water partition coefficient (Wildman–Crippen LogP) is 1.27. The van der Waals surface area contributed by atoms with E-state index in [1.807, 2.05) is 6.92 Å². The summed E-state index contributed by atoms with van der Waals surface area (Å²) in [5.74, 6) is -0.548. The van der Waals surface area contributed by atoms with Crippen LogP contribution in [0.25, 0.3) is 0 Å². The second-order valence-electron chi connectivity index (χ2n) is 5.99. The molecule has 0 aromatic rings. The van der Waals surface area contributed by atoms with Gasteiger partial charge < -0.3 is 20.6 Å².